The summed E-state index contributed by atoms with van der Waals surface area (Å²) < 4.78 is 1.11. The molecule has 3 heteroatoms. The van der Waals surface area contributed by atoms with Gasteiger partial charge >= 0.3 is 0 Å². The topological polar surface area (TPSA) is 40.1 Å². The molecule has 0 aliphatic carbocycles. The molecule has 0 amide bonds. The van der Waals surface area contributed by atoms with Crippen LogP contribution in [-0.4, -0.2) is 38.1 Å². The maximum Gasteiger partial charge on any atom is 0.0780 e. The lowest BCUT2D eigenvalue weighted by atomic mass is 10.2. The molecule has 0 aromatic rings. The van der Waals surface area contributed by atoms with Gasteiger partial charge in [-0.2, -0.15) is 0 Å². The summed E-state index contributed by atoms with van der Waals surface area (Å²) in [6, 6.07) is 0. The van der Waals surface area contributed by atoms with E-state index in [1.165, 1.54) is 25.8 Å². The van der Waals surface area contributed by atoms with E-state index in [1.807, 2.05) is 0 Å². The molecule has 0 bridgehead atoms. The highest BCUT2D eigenvalue weighted by Gasteiger charge is 2.03. The number of carboxylic acids is 1. The van der Waals surface area contributed by atoms with E-state index in [2.05, 4.69) is 28.1 Å². The minimum Gasteiger partial charge on any atom is -0.550 e. The molecule has 0 N–H and O–H groups in total. The van der Waals surface area contributed by atoms with Crippen molar-refractivity contribution in [1.29, 1.82) is 0 Å². The standard InChI is InChI=1S/C8H20N.C4H8O2/c1-5-6-7-8-9(2,3)4;1-3(2)4(5)6/h5-8H2,1-4H3;3H,1-2H3,(H,5,6)/q+1;/p-1. The highest BCUT2D eigenvalue weighted by atomic mass is 16.4. The third-order valence-corrected chi connectivity index (χ3v) is 1.90. The summed E-state index contributed by atoms with van der Waals surface area (Å²) in [7, 11) is 6.74. The van der Waals surface area contributed by atoms with E-state index < -0.39 is 5.97 Å². The summed E-state index contributed by atoms with van der Waals surface area (Å²) in [5.74, 6) is -1.33. The summed E-state index contributed by atoms with van der Waals surface area (Å²) in [6.07, 6.45) is 4.09. The number of carbonyl (C=O) groups is 1. The number of hydrogen-bond donors (Lipinski definition) is 0. The van der Waals surface area contributed by atoms with Gasteiger partial charge in [0.1, 0.15) is 0 Å². The number of quaternary nitrogens is 1. The van der Waals surface area contributed by atoms with Crippen molar-refractivity contribution in [2.24, 2.45) is 5.92 Å². The normalized spacial score (nSPS) is 10.9. The minimum absolute atomic E-state index is 0.343. The van der Waals surface area contributed by atoms with Crippen LogP contribution in [0.2, 0.25) is 0 Å². The largest absolute Gasteiger partial charge is 0.550 e. The van der Waals surface area contributed by atoms with Crippen molar-refractivity contribution in [2.45, 2.75) is 40.0 Å². The van der Waals surface area contributed by atoms with Crippen LogP contribution >= 0.6 is 0 Å². The molecule has 0 saturated carbocycles. The van der Waals surface area contributed by atoms with Crippen LogP contribution in [0.3, 0.4) is 0 Å². The van der Waals surface area contributed by atoms with E-state index >= 15 is 0 Å². The fraction of sp³-hybridized carbons (Fsp3) is 0.917. The molecule has 0 aromatic heterocycles. The van der Waals surface area contributed by atoms with Gasteiger partial charge in [0, 0.05) is 5.97 Å². The smallest absolute Gasteiger partial charge is 0.0780 e. The lowest BCUT2D eigenvalue weighted by Gasteiger charge is -2.23. The zero-order chi connectivity index (χ0) is 12.5. The van der Waals surface area contributed by atoms with Gasteiger partial charge in [-0.25, -0.2) is 0 Å². The highest BCUT2D eigenvalue weighted by molar-refractivity contribution is 5.66. The van der Waals surface area contributed by atoms with Crippen LogP contribution in [0.15, 0.2) is 0 Å². The summed E-state index contributed by atoms with van der Waals surface area (Å²) in [4.78, 5) is 9.59. The number of nitrogens with zero attached hydrogens (tertiary/aromatic N) is 1. The number of unbranched alkanes of at least 4 members (excludes halogenated alkanes) is 2. The van der Waals surface area contributed by atoms with E-state index in [1.54, 1.807) is 13.8 Å². The van der Waals surface area contributed by atoms with Crippen LogP contribution in [0.4, 0.5) is 0 Å². The predicted octanol–water partition coefficient (Wildman–Crippen LogP) is 1.28. The number of carboxylic acid groups (broad SMARTS) is 1. The van der Waals surface area contributed by atoms with Crippen LogP contribution in [-0.2, 0) is 4.79 Å². The van der Waals surface area contributed by atoms with Gasteiger partial charge in [0.2, 0.25) is 0 Å². The molecule has 0 aliphatic rings. The molecule has 0 spiro atoms. The van der Waals surface area contributed by atoms with Crippen LogP contribution < -0.4 is 5.11 Å². The Morgan fingerprint density at radius 2 is 1.60 bits per heavy atom. The number of carbonyl (C=O) groups excluding carboxylic acids is 1. The molecule has 0 saturated heterocycles. The van der Waals surface area contributed by atoms with E-state index in [9.17, 15) is 9.90 Å². The number of aliphatic carboxylic acids is 1. The Labute approximate surface area is 94.7 Å². The monoisotopic (exact) mass is 217 g/mol. The SMILES string of the molecule is CC(C)C(=O)[O-].CCCCC[N+](C)(C)C. The first-order valence-corrected chi connectivity index (χ1v) is 5.72. The Kier molecular flexibility index (Phi) is 9.79. The second-order valence-electron chi connectivity index (χ2n) is 5.19. The van der Waals surface area contributed by atoms with Crippen LogP contribution in [0, 0.1) is 5.92 Å². The molecule has 92 valence electrons. The Morgan fingerprint density at radius 1 is 1.20 bits per heavy atom. The summed E-state index contributed by atoms with van der Waals surface area (Å²) in [5.41, 5.74) is 0. The molecule has 0 fully saturated rings. The third kappa shape index (κ3) is 19.7. The predicted molar refractivity (Wildman–Crippen MR) is 62.3 cm³/mol. The zero-order valence-corrected chi connectivity index (χ0v) is 11.2. The van der Waals surface area contributed by atoms with Crippen molar-refractivity contribution in [3.05, 3.63) is 0 Å². The molecule has 3 nitrogen and oxygen atoms in total. The quantitative estimate of drug-likeness (QED) is 0.514. The molecule has 15 heavy (non-hydrogen) atoms. The van der Waals surface area contributed by atoms with Gasteiger partial charge in [0.15, 0.2) is 0 Å². The fourth-order valence-electron chi connectivity index (χ4n) is 0.836. The molecule has 0 atom stereocenters. The number of hydrogen-bond acceptors (Lipinski definition) is 2. The molecular formula is C12H27NO2. The van der Waals surface area contributed by atoms with E-state index in [0.29, 0.717) is 0 Å². The Balaban J connectivity index is 0. The number of rotatable bonds is 5. The fourth-order valence-corrected chi connectivity index (χ4v) is 0.836. The van der Waals surface area contributed by atoms with Gasteiger partial charge in [-0.1, -0.05) is 27.2 Å². The second-order valence-corrected chi connectivity index (χ2v) is 5.19. The summed E-state index contributed by atoms with van der Waals surface area (Å²) >= 11 is 0. The van der Waals surface area contributed by atoms with Gasteiger partial charge in [0.25, 0.3) is 0 Å². The van der Waals surface area contributed by atoms with Crippen molar-refractivity contribution in [3.8, 4) is 0 Å². The van der Waals surface area contributed by atoms with Crippen LogP contribution in [0.5, 0.6) is 0 Å². The van der Waals surface area contributed by atoms with Gasteiger partial charge in [0.05, 0.1) is 27.7 Å². The van der Waals surface area contributed by atoms with Crippen LogP contribution in [0.1, 0.15) is 40.0 Å². The molecule has 0 aliphatic heterocycles. The van der Waals surface area contributed by atoms with Crippen molar-refractivity contribution < 1.29 is 14.4 Å². The van der Waals surface area contributed by atoms with Crippen molar-refractivity contribution in [2.75, 3.05) is 27.7 Å². The average Bonchev–Trinajstić information content (AvgIpc) is 2.03. The molecule has 0 heterocycles. The van der Waals surface area contributed by atoms with E-state index in [-0.39, 0.29) is 5.92 Å². The zero-order valence-electron chi connectivity index (χ0n) is 11.2. The highest BCUT2D eigenvalue weighted by Crippen LogP contribution is 1.98. The van der Waals surface area contributed by atoms with Crippen LogP contribution in [0.25, 0.3) is 0 Å². The maximum atomic E-state index is 9.59. The van der Waals surface area contributed by atoms with Gasteiger partial charge in [-0.05, 0) is 18.8 Å². The molecular weight excluding hydrogens is 190 g/mol. The Hall–Kier alpha value is -0.570. The Bertz CT molecular complexity index is 159. The van der Waals surface area contributed by atoms with Gasteiger partial charge in [-0.15, -0.1) is 0 Å². The van der Waals surface area contributed by atoms with E-state index in [4.69, 9.17) is 0 Å². The summed E-state index contributed by atoms with van der Waals surface area (Å²) in [5, 5.41) is 9.59. The first-order chi connectivity index (χ1) is 6.70. The first kappa shape index (κ1) is 16.8. The maximum absolute atomic E-state index is 9.59. The first-order valence-electron chi connectivity index (χ1n) is 5.72. The minimum atomic E-state index is -0.991. The summed E-state index contributed by atoms with van der Waals surface area (Å²) in [6.45, 7) is 6.72. The van der Waals surface area contributed by atoms with Gasteiger partial charge in [-0.3, -0.25) is 0 Å². The van der Waals surface area contributed by atoms with Gasteiger partial charge < -0.3 is 14.4 Å². The average molecular weight is 217 g/mol. The second kappa shape index (κ2) is 8.72. The van der Waals surface area contributed by atoms with Crippen molar-refractivity contribution >= 4 is 5.97 Å². The molecule has 0 radical (unpaired) electrons. The third-order valence-electron chi connectivity index (χ3n) is 1.90. The van der Waals surface area contributed by atoms with Crippen molar-refractivity contribution in [3.63, 3.8) is 0 Å². The van der Waals surface area contributed by atoms with Crippen molar-refractivity contribution in [1.82, 2.24) is 0 Å². The molecule has 0 rings (SSSR count). The van der Waals surface area contributed by atoms with E-state index in [0.717, 1.165) is 4.48 Å². The Morgan fingerprint density at radius 3 is 1.80 bits per heavy atom. The molecule has 0 aromatic carbocycles. The lowest BCUT2D eigenvalue weighted by Crippen LogP contribution is -2.35. The molecule has 0 unspecified atom stereocenters. The lowest BCUT2D eigenvalue weighted by molar-refractivity contribution is -0.870.